The van der Waals surface area contributed by atoms with Crippen molar-refractivity contribution in [2.75, 3.05) is 6.54 Å². The van der Waals surface area contributed by atoms with Gasteiger partial charge in [-0.3, -0.25) is 4.79 Å². The topological polar surface area (TPSA) is 63.3 Å². The molecule has 1 unspecified atom stereocenters. The normalized spacial score (nSPS) is 12.5. The number of benzene rings is 1. The van der Waals surface area contributed by atoms with E-state index in [1.807, 2.05) is 0 Å². The zero-order valence-corrected chi connectivity index (χ0v) is 8.58. The predicted octanol–water partition coefficient (Wildman–Crippen LogP) is 1.78. The van der Waals surface area contributed by atoms with Gasteiger partial charge >= 0.3 is 5.97 Å². The molecule has 1 rings (SSSR count). The molecule has 14 heavy (non-hydrogen) atoms. The van der Waals surface area contributed by atoms with E-state index in [0.29, 0.717) is 10.6 Å². The first-order chi connectivity index (χ1) is 6.57. The average molecular weight is 214 g/mol. The maximum absolute atomic E-state index is 10.9. The van der Waals surface area contributed by atoms with Crippen molar-refractivity contribution in [3.05, 3.63) is 34.3 Å². The van der Waals surface area contributed by atoms with Gasteiger partial charge in [0.1, 0.15) is 0 Å². The Labute approximate surface area is 87.5 Å². The number of rotatable bonds is 3. The van der Waals surface area contributed by atoms with E-state index in [0.717, 1.165) is 5.56 Å². The molecule has 0 fully saturated rings. The van der Waals surface area contributed by atoms with Crippen LogP contribution in [0.3, 0.4) is 0 Å². The van der Waals surface area contributed by atoms with Gasteiger partial charge in [-0.25, -0.2) is 0 Å². The third kappa shape index (κ3) is 2.05. The monoisotopic (exact) mass is 213 g/mol. The molecular weight excluding hydrogens is 202 g/mol. The molecule has 0 aliphatic heterocycles. The molecule has 1 atom stereocenters. The van der Waals surface area contributed by atoms with Gasteiger partial charge in [0, 0.05) is 11.6 Å². The Bertz CT molecular complexity index is 352. The van der Waals surface area contributed by atoms with Gasteiger partial charge in [-0.05, 0) is 24.1 Å². The third-order valence-corrected chi connectivity index (χ3v) is 2.63. The van der Waals surface area contributed by atoms with Crippen molar-refractivity contribution in [3.8, 4) is 0 Å². The summed E-state index contributed by atoms with van der Waals surface area (Å²) in [5.41, 5.74) is 6.87. The van der Waals surface area contributed by atoms with E-state index in [4.69, 9.17) is 22.4 Å². The zero-order chi connectivity index (χ0) is 10.7. The standard InChI is InChI=1S/C10H12ClNO2/c1-6-7(3-2-4-9(6)11)8(5-12)10(13)14/h2-4,8H,5,12H2,1H3,(H,13,14). The minimum atomic E-state index is -0.919. The van der Waals surface area contributed by atoms with Gasteiger partial charge in [0.05, 0.1) is 5.92 Å². The Kier molecular flexibility index (Phi) is 3.49. The van der Waals surface area contributed by atoms with Crippen LogP contribution in [0.15, 0.2) is 18.2 Å². The first-order valence-corrected chi connectivity index (χ1v) is 4.63. The number of carboxylic acid groups (broad SMARTS) is 1. The Hall–Kier alpha value is -1.06. The highest BCUT2D eigenvalue weighted by molar-refractivity contribution is 6.31. The molecule has 0 saturated heterocycles. The highest BCUT2D eigenvalue weighted by atomic mass is 35.5. The van der Waals surface area contributed by atoms with Crippen LogP contribution in [0.5, 0.6) is 0 Å². The molecule has 0 aliphatic carbocycles. The van der Waals surface area contributed by atoms with Crippen molar-refractivity contribution in [1.82, 2.24) is 0 Å². The summed E-state index contributed by atoms with van der Waals surface area (Å²) in [6.07, 6.45) is 0. The lowest BCUT2D eigenvalue weighted by Crippen LogP contribution is -2.21. The molecule has 0 spiro atoms. The molecule has 0 saturated carbocycles. The molecule has 0 aliphatic rings. The number of hydrogen-bond acceptors (Lipinski definition) is 2. The summed E-state index contributed by atoms with van der Waals surface area (Å²) in [6.45, 7) is 1.87. The molecule has 1 aromatic carbocycles. The van der Waals surface area contributed by atoms with Crippen LogP contribution in [0.2, 0.25) is 5.02 Å². The summed E-state index contributed by atoms with van der Waals surface area (Å²) < 4.78 is 0. The molecular formula is C10H12ClNO2. The van der Waals surface area contributed by atoms with Gasteiger partial charge < -0.3 is 10.8 Å². The summed E-state index contributed by atoms with van der Waals surface area (Å²) in [7, 11) is 0. The van der Waals surface area contributed by atoms with Crippen LogP contribution in [0, 0.1) is 6.92 Å². The van der Waals surface area contributed by atoms with E-state index in [9.17, 15) is 4.79 Å². The van der Waals surface area contributed by atoms with Gasteiger partial charge in [0.25, 0.3) is 0 Å². The summed E-state index contributed by atoms with van der Waals surface area (Å²) in [4.78, 5) is 10.9. The zero-order valence-electron chi connectivity index (χ0n) is 7.83. The molecule has 1 aromatic rings. The Balaban J connectivity index is 3.16. The molecule has 0 bridgehead atoms. The van der Waals surface area contributed by atoms with E-state index in [1.54, 1.807) is 25.1 Å². The SMILES string of the molecule is Cc1c(Cl)cccc1C(CN)C(=O)O. The van der Waals surface area contributed by atoms with Crippen LogP contribution in [0.4, 0.5) is 0 Å². The minimum absolute atomic E-state index is 0.0799. The summed E-state index contributed by atoms with van der Waals surface area (Å²) in [5.74, 6) is -1.59. The van der Waals surface area contributed by atoms with Crippen molar-refractivity contribution >= 4 is 17.6 Å². The first kappa shape index (κ1) is 11.0. The van der Waals surface area contributed by atoms with Gasteiger partial charge in [-0.15, -0.1) is 0 Å². The van der Waals surface area contributed by atoms with E-state index in [2.05, 4.69) is 0 Å². The first-order valence-electron chi connectivity index (χ1n) is 4.25. The van der Waals surface area contributed by atoms with Crippen molar-refractivity contribution in [3.63, 3.8) is 0 Å². The van der Waals surface area contributed by atoms with Crippen LogP contribution in [-0.2, 0) is 4.79 Å². The van der Waals surface area contributed by atoms with Crippen molar-refractivity contribution < 1.29 is 9.90 Å². The maximum Gasteiger partial charge on any atom is 0.312 e. The fourth-order valence-electron chi connectivity index (χ4n) is 1.36. The van der Waals surface area contributed by atoms with Crippen molar-refractivity contribution in [2.45, 2.75) is 12.8 Å². The lowest BCUT2D eigenvalue weighted by atomic mass is 9.95. The second kappa shape index (κ2) is 4.44. The molecule has 3 N–H and O–H groups in total. The van der Waals surface area contributed by atoms with E-state index in [-0.39, 0.29) is 6.54 Å². The fourth-order valence-corrected chi connectivity index (χ4v) is 1.54. The van der Waals surface area contributed by atoms with Gasteiger partial charge in [-0.2, -0.15) is 0 Å². The molecule has 0 aromatic heterocycles. The summed E-state index contributed by atoms with van der Waals surface area (Å²) in [6, 6.07) is 5.21. The number of nitrogens with two attached hydrogens (primary N) is 1. The lowest BCUT2D eigenvalue weighted by Gasteiger charge is -2.13. The van der Waals surface area contributed by atoms with Crippen LogP contribution in [0.1, 0.15) is 17.0 Å². The van der Waals surface area contributed by atoms with Gasteiger partial charge in [0.2, 0.25) is 0 Å². The highest BCUT2D eigenvalue weighted by Gasteiger charge is 2.20. The minimum Gasteiger partial charge on any atom is -0.481 e. The second-order valence-corrected chi connectivity index (χ2v) is 3.49. The third-order valence-electron chi connectivity index (χ3n) is 2.22. The predicted molar refractivity (Wildman–Crippen MR) is 55.6 cm³/mol. The molecule has 4 heteroatoms. The van der Waals surface area contributed by atoms with Crippen molar-refractivity contribution in [2.24, 2.45) is 5.73 Å². The Morgan fingerprint density at radius 2 is 2.29 bits per heavy atom. The fraction of sp³-hybridized carbons (Fsp3) is 0.300. The van der Waals surface area contributed by atoms with Gasteiger partial charge in [0.15, 0.2) is 0 Å². The van der Waals surface area contributed by atoms with Crippen LogP contribution >= 0.6 is 11.6 Å². The lowest BCUT2D eigenvalue weighted by molar-refractivity contribution is -0.138. The average Bonchev–Trinajstić information content (AvgIpc) is 2.13. The second-order valence-electron chi connectivity index (χ2n) is 3.08. The smallest absolute Gasteiger partial charge is 0.312 e. The largest absolute Gasteiger partial charge is 0.481 e. The number of halogens is 1. The van der Waals surface area contributed by atoms with Gasteiger partial charge in [-0.1, -0.05) is 23.7 Å². The molecule has 76 valence electrons. The van der Waals surface area contributed by atoms with E-state index in [1.165, 1.54) is 0 Å². The Morgan fingerprint density at radius 1 is 1.64 bits per heavy atom. The Morgan fingerprint density at radius 3 is 2.79 bits per heavy atom. The quantitative estimate of drug-likeness (QED) is 0.805. The van der Waals surface area contributed by atoms with Crippen LogP contribution < -0.4 is 5.73 Å². The highest BCUT2D eigenvalue weighted by Crippen LogP contribution is 2.25. The van der Waals surface area contributed by atoms with E-state index >= 15 is 0 Å². The van der Waals surface area contributed by atoms with E-state index < -0.39 is 11.9 Å². The number of carboxylic acids is 1. The number of carbonyl (C=O) groups is 1. The number of aliphatic carboxylic acids is 1. The van der Waals surface area contributed by atoms with Crippen molar-refractivity contribution in [1.29, 1.82) is 0 Å². The molecule has 0 radical (unpaired) electrons. The molecule has 0 heterocycles. The molecule has 0 amide bonds. The van der Waals surface area contributed by atoms with Crippen LogP contribution in [-0.4, -0.2) is 17.6 Å². The van der Waals surface area contributed by atoms with Crippen LogP contribution in [0.25, 0.3) is 0 Å². The molecule has 3 nitrogen and oxygen atoms in total. The summed E-state index contributed by atoms with van der Waals surface area (Å²) >= 11 is 5.89. The maximum atomic E-state index is 10.9. The number of hydrogen-bond donors (Lipinski definition) is 2. The summed E-state index contributed by atoms with van der Waals surface area (Å²) in [5, 5.41) is 9.49.